The van der Waals surface area contributed by atoms with Crippen molar-refractivity contribution in [3.63, 3.8) is 0 Å². The van der Waals surface area contributed by atoms with Gasteiger partial charge in [-0.25, -0.2) is 14.5 Å². The molecule has 0 atom stereocenters. The zero-order chi connectivity index (χ0) is 23.9. The summed E-state index contributed by atoms with van der Waals surface area (Å²) in [6.45, 7) is 4.59. The van der Waals surface area contributed by atoms with Crippen LogP contribution in [-0.2, 0) is 5.54 Å². The van der Waals surface area contributed by atoms with E-state index < -0.39 is 0 Å². The molecule has 1 aliphatic heterocycles. The maximum absolute atomic E-state index is 13.0. The second-order valence-corrected chi connectivity index (χ2v) is 9.52. The summed E-state index contributed by atoms with van der Waals surface area (Å²) in [5, 5.41) is 8.63. The molecule has 10 heteroatoms. The fourth-order valence-corrected chi connectivity index (χ4v) is 4.67. The molecule has 3 aromatic rings. The number of aryl methyl sites for hydroxylation is 1. The van der Waals surface area contributed by atoms with Gasteiger partial charge in [0.1, 0.15) is 23.6 Å². The number of halogens is 2. The summed E-state index contributed by atoms with van der Waals surface area (Å²) in [6, 6.07) is 11.6. The van der Waals surface area contributed by atoms with Crippen molar-refractivity contribution in [2.24, 2.45) is 0 Å². The quantitative estimate of drug-likeness (QED) is 0.561. The Morgan fingerprint density at radius 3 is 2.44 bits per heavy atom. The lowest BCUT2D eigenvalue weighted by Gasteiger charge is -2.37. The number of benzene rings is 2. The number of hydrogen-bond acceptors (Lipinski definition) is 5. The highest BCUT2D eigenvalue weighted by atomic mass is 35.5. The number of aromatic nitrogens is 3. The van der Waals surface area contributed by atoms with Crippen LogP contribution in [-0.4, -0.2) is 59.0 Å². The van der Waals surface area contributed by atoms with Crippen molar-refractivity contribution in [2.45, 2.75) is 25.3 Å². The van der Waals surface area contributed by atoms with Crippen LogP contribution in [0.4, 0.5) is 10.5 Å². The average Bonchev–Trinajstić information content (AvgIpc) is 3.50. The summed E-state index contributed by atoms with van der Waals surface area (Å²) < 4.78 is 7.32. The molecule has 1 aliphatic carbocycles. The number of ether oxygens (including phenoxy) is 1. The van der Waals surface area contributed by atoms with Gasteiger partial charge in [0.05, 0.1) is 22.7 Å². The largest absolute Gasteiger partial charge is 0.494 e. The first-order chi connectivity index (χ1) is 16.4. The first-order valence-electron chi connectivity index (χ1n) is 11.2. The second-order valence-electron chi connectivity index (χ2n) is 8.71. The molecule has 2 fully saturated rings. The minimum atomic E-state index is -0.342. The number of hydrogen-bond donors (Lipinski definition) is 1. The Kier molecular flexibility index (Phi) is 6.04. The molecule has 2 aromatic carbocycles. The van der Waals surface area contributed by atoms with Gasteiger partial charge in [0.2, 0.25) is 0 Å². The van der Waals surface area contributed by atoms with E-state index in [1.54, 1.807) is 24.2 Å². The molecular formula is C24H26Cl2N6O2. The molecule has 1 N–H and O–H groups in total. The summed E-state index contributed by atoms with van der Waals surface area (Å²) in [5.41, 5.74) is 2.54. The van der Waals surface area contributed by atoms with Gasteiger partial charge in [-0.05, 0) is 49.6 Å². The monoisotopic (exact) mass is 500 g/mol. The molecule has 1 saturated carbocycles. The van der Waals surface area contributed by atoms with Crippen LogP contribution in [0.15, 0.2) is 42.7 Å². The average molecular weight is 501 g/mol. The van der Waals surface area contributed by atoms with Gasteiger partial charge in [-0.1, -0.05) is 29.3 Å². The normalized spacial score (nSPS) is 16.9. The summed E-state index contributed by atoms with van der Waals surface area (Å²) in [6.07, 6.45) is 3.47. The Balaban J connectivity index is 1.22. The van der Waals surface area contributed by atoms with Crippen LogP contribution >= 0.6 is 23.2 Å². The standard InChI is InChI=1S/C24H26Cl2N6O2/c1-16-27-15-32(29-16)21-6-4-18(14-22(21)34-2)30-9-11-31(12-10-30)23(33)28-24(7-8-24)17-3-5-19(25)20(26)13-17/h3-6,13-15H,7-12H2,1-2H3,(H,28,33). The Bertz CT molecular complexity index is 1220. The first-order valence-corrected chi connectivity index (χ1v) is 12.0. The fraction of sp³-hybridized carbons (Fsp3) is 0.375. The van der Waals surface area contributed by atoms with Gasteiger partial charge in [-0.3, -0.25) is 0 Å². The molecule has 0 radical (unpaired) electrons. The van der Waals surface area contributed by atoms with Gasteiger partial charge in [0.15, 0.2) is 0 Å². The molecule has 1 aromatic heterocycles. The van der Waals surface area contributed by atoms with Crippen molar-refractivity contribution in [2.75, 3.05) is 38.2 Å². The Morgan fingerprint density at radius 1 is 1.06 bits per heavy atom. The van der Waals surface area contributed by atoms with E-state index in [0.29, 0.717) is 29.0 Å². The molecule has 2 heterocycles. The van der Waals surface area contributed by atoms with E-state index >= 15 is 0 Å². The van der Waals surface area contributed by atoms with Gasteiger partial charge < -0.3 is 19.9 Å². The number of nitrogens with zero attached hydrogens (tertiary/aromatic N) is 5. The molecule has 34 heavy (non-hydrogen) atoms. The maximum Gasteiger partial charge on any atom is 0.318 e. The van der Waals surface area contributed by atoms with Crippen LogP contribution in [0.25, 0.3) is 5.69 Å². The van der Waals surface area contributed by atoms with Crippen molar-refractivity contribution in [3.8, 4) is 11.4 Å². The van der Waals surface area contributed by atoms with Crippen molar-refractivity contribution in [3.05, 3.63) is 64.2 Å². The lowest BCUT2D eigenvalue weighted by molar-refractivity contribution is 0.189. The highest BCUT2D eigenvalue weighted by Crippen LogP contribution is 2.46. The van der Waals surface area contributed by atoms with Crippen molar-refractivity contribution in [1.29, 1.82) is 0 Å². The molecule has 2 aliphatic rings. The topological polar surface area (TPSA) is 75.5 Å². The Hall–Kier alpha value is -2.97. The Labute approximate surface area is 208 Å². The van der Waals surface area contributed by atoms with Crippen molar-refractivity contribution < 1.29 is 9.53 Å². The number of nitrogens with one attached hydrogen (secondary N) is 1. The van der Waals surface area contributed by atoms with Gasteiger partial charge >= 0.3 is 6.03 Å². The summed E-state index contributed by atoms with van der Waals surface area (Å²) in [4.78, 5) is 21.4. The van der Waals surface area contributed by atoms with E-state index in [1.807, 2.05) is 42.2 Å². The van der Waals surface area contributed by atoms with E-state index in [2.05, 4.69) is 20.3 Å². The molecule has 178 valence electrons. The third-order valence-corrected chi connectivity index (χ3v) is 7.26. The highest BCUT2D eigenvalue weighted by Gasteiger charge is 2.46. The van der Waals surface area contributed by atoms with E-state index in [-0.39, 0.29) is 11.6 Å². The lowest BCUT2D eigenvalue weighted by atomic mass is 10.1. The van der Waals surface area contributed by atoms with E-state index in [0.717, 1.165) is 48.6 Å². The zero-order valence-corrected chi connectivity index (χ0v) is 20.6. The number of urea groups is 1. The third kappa shape index (κ3) is 4.40. The van der Waals surface area contributed by atoms with Crippen LogP contribution in [0.5, 0.6) is 5.75 Å². The zero-order valence-electron chi connectivity index (χ0n) is 19.1. The number of carbonyl (C=O) groups excluding carboxylic acids is 1. The molecule has 2 amide bonds. The smallest absolute Gasteiger partial charge is 0.318 e. The minimum absolute atomic E-state index is 0.0438. The fourth-order valence-electron chi connectivity index (χ4n) is 4.37. The predicted octanol–water partition coefficient (Wildman–Crippen LogP) is 4.41. The molecule has 5 rings (SSSR count). The van der Waals surface area contributed by atoms with E-state index in [1.165, 1.54) is 0 Å². The van der Waals surface area contributed by atoms with E-state index in [4.69, 9.17) is 27.9 Å². The summed E-state index contributed by atoms with van der Waals surface area (Å²) in [7, 11) is 1.65. The van der Waals surface area contributed by atoms with Gasteiger partial charge in [-0.2, -0.15) is 5.10 Å². The first kappa shape index (κ1) is 22.8. The molecule has 0 unspecified atom stereocenters. The van der Waals surface area contributed by atoms with Crippen LogP contribution in [0, 0.1) is 6.92 Å². The van der Waals surface area contributed by atoms with Crippen LogP contribution in [0.3, 0.4) is 0 Å². The minimum Gasteiger partial charge on any atom is -0.494 e. The highest BCUT2D eigenvalue weighted by molar-refractivity contribution is 6.42. The van der Waals surface area contributed by atoms with E-state index in [9.17, 15) is 4.79 Å². The number of amides is 2. The van der Waals surface area contributed by atoms with Crippen LogP contribution in [0.2, 0.25) is 10.0 Å². The number of rotatable bonds is 5. The molecule has 0 spiro atoms. The summed E-state index contributed by atoms with van der Waals surface area (Å²) >= 11 is 12.3. The van der Waals surface area contributed by atoms with Crippen molar-refractivity contribution in [1.82, 2.24) is 25.0 Å². The van der Waals surface area contributed by atoms with Gasteiger partial charge in [0.25, 0.3) is 0 Å². The maximum atomic E-state index is 13.0. The Morgan fingerprint density at radius 2 is 1.82 bits per heavy atom. The van der Waals surface area contributed by atoms with Crippen LogP contribution in [0.1, 0.15) is 24.2 Å². The number of methoxy groups -OCH3 is 1. The predicted molar refractivity (Wildman–Crippen MR) is 132 cm³/mol. The summed E-state index contributed by atoms with van der Waals surface area (Å²) in [5.74, 6) is 1.42. The molecular weight excluding hydrogens is 475 g/mol. The second kappa shape index (κ2) is 9.00. The van der Waals surface area contributed by atoms with Gasteiger partial charge in [0, 0.05) is 37.9 Å². The number of piperazine rings is 1. The van der Waals surface area contributed by atoms with Crippen molar-refractivity contribution >= 4 is 34.9 Å². The molecule has 0 bridgehead atoms. The van der Waals surface area contributed by atoms with Gasteiger partial charge in [-0.15, -0.1) is 0 Å². The lowest BCUT2D eigenvalue weighted by Crippen LogP contribution is -2.53. The molecule has 8 nitrogen and oxygen atoms in total. The third-order valence-electron chi connectivity index (χ3n) is 6.52. The number of carbonyl (C=O) groups is 1. The SMILES string of the molecule is COc1cc(N2CCN(C(=O)NC3(c4ccc(Cl)c(Cl)c4)CC3)CC2)ccc1-n1cnc(C)n1. The number of anilines is 1. The molecule has 1 saturated heterocycles. The van der Waals surface area contributed by atoms with Crippen LogP contribution < -0.4 is 15.0 Å².